The van der Waals surface area contributed by atoms with Crippen molar-refractivity contribution in [2.75, 3.05) is 0 Å². The van der Waals surface area contributed by atoms with Gasteiger partial charge in [0.15, 0.2) is 0 Å². The molecule has 0 bridgehead atoms. The lowest BCUT2D eigenvalue weighted by molar-refractivity contribution is -0.122. The van der Waals surface area contributed by atoms with Crippen LogP contribution in [0.3, 0.4) is 0 Å². The first-order chi connectivity index (χ1) is 12.0. The second kappa shape index (κ2) is 7.43. The van der Waals surface area contributed by atoms with Crippen molar-refractivity contribution in [1.82, 2.24) is 5.32 Å². The minimum absolute atomic E-state index is 0.0116. The molecule has 1 aliphatic carbocycles. The smallest absolute Gasteiger partial charge is 0.224 e. The van der Waals surface area contributed by atoms with Gasteiger partial charge in [-0.05, 0) is 61.4 Å². The van der Waals surface area contributed by atoms with Crippen LogP contribution in [0.25, 0.3) is 11.1 Å². The van der Waals surface area contributed by atoms with Crippen LogP contribution in [0.2, 0.25) is 0 Å². The Morgan fingerprint density at radius 3 is 2.36 bits per heavy atom. The molecule has 2 aromatic rings. The number of amides is 1. The first-order valence-electron chi connectivity index (χ1n) is 9.43. The monoisotopic (exact) mass is 335 g/mol. The van der Waals surface area contributed by atoms with Gasteiger partial charge < -0.3 is 5.32 Å². The predicted molar refractivity (Wildman–Crippen MR) is 105 cm³/mol. The van der Waals surface area contributed by atoms with Crippen molar-refractivity contribution in [2.24, 2.45) is 0 Å². The summed E-state index contributed by atoms with van der Waals surface area (Å²) in [6.45, 7) is 6.43. The Kier molecular flexibility index (Phi) is 5.27. The van der Waals surface area contributed by atoms with Gasteiger partial charge in [-0.15, -0.1) is 0 Å². The van der Waals surface area contributed by atoms with Gasteiger partial charge in [-0.25, -0.2) is 0 Å². The largest absolute Gasteiger partial charge is 0.351 e. The molecule has 3 rings (SSSR count). The van der Waals surface area contributed by atoms with Crippen LogP contribution < -0.4 is 5.32 Å². The Balaban J connectivity index is 1.75. The summed E-state index contributed by atoms with van der Waals surface area (Å²) >= 11 is 0. The Bertz CT molecular complexity index is 742. The van der Waals surface area contributed by atoms with E-state index in [1.165, 1.54) is 41.5 Å². The Morgan fingerprint density at radius 1 is 1.00 bits per heavy atom. The maximum atomic E-state index is 12.6. The molecule has 1 saturated carbocycles. The Labute approximate surface area is 151 Å². The van der Waals surface area contributed by atoms with Gasteiger partial charge in [0.05, 0.1) is 6.42 Å². The quantitative estimate of drug-likeness (QED) is 0.801. The number of carbonyl (C=O) groups excluding carboxylic acids is 1. The molecule has 25 heavy (non-hydrogen) atoms. The van der Waals surface area contributed by atoms with Crippen LogP contribution in [-0.2, 0) is 11.2 Å². The summed E-state index contributed by atoms with van der Waals surface area (Å²) in [6.07, 6.45) is 6.41. The second-order valence-electron chi connectivity index (χ2n) is 7.81. The first-order valence-corrected chi connectivity index (χ1v) is 9.43. The van der Waals surface area contributed by atoms with Crippen molar-refractivity contribution in [3.05, 3.63) is 59.2 Å². The topological polar surface area (TPSA) is 29.1 Å². The molecule has 0 heterocycles. The van der Waals surface area contributed by atoms with Gasteiger partial charge in [0.2, 0.25) is 5.91 Å². The van der Waals surface area contributed by atoms with Crippen LogP contribution in [0.1, 0.15) is 55.7 Å². The summed E-state index contributed by atoms with van der Waals surface area (Å²) in [6, 6.07) is 14.8. The fourth-order valence-corrected chi connectivity index (χ4v) is 4.01. The molecule has 0 unspecified atom stereocenters. The number of carbonyl (C=O) groups is 1. The minimum atomic E-state index is -0.0116. The first kappa shape index (κ1) is 17.7. The third kappa shape index (κ3) is 4.31. The lowest BCUT2D eigenvalue weighted by atomic mass is 9.83. The summed E-state index contributed by atoms with van der Waals surface area (Å²) in [4.78, 5) is 12.6. The van der Waals surface area contributed by atoms with E-state index in [2.05, 4.69) is 62.5 Å². The van der Waals surface area contributed by atoms with E-state index < -0.39 is 0 Å². The molecule has 0 aliphatic heterocycles. The minimum Gasteiger partial charge on any atom is -0.351 e. The maximum absolute atomic E-state index is 12.6. The summed E-state index contributed by atoms with van der Waals surface area (Å²) in [5.41, 5.74) is 6.02. The number of aryl methyl sites for hydroxylation is 2. The number of hydrogen-bond donors (Lipinski definition) is 1. The van der Waals surface area contributed by atoms with E-state index >= 15 is 0 Å². The number of hydrogen-bond acceptors (Lipinski definition) is 1. The van der Waals surface area contributed by atoms with E-state index in [1.807, 2.05) is 6.07 Å². The van der Waals surface area contributed by atoms with Gasteiger partial charge >= 0.3 is 0 Å². The van der Waals surface area contributed by atoms with Crippen molar-refractivity contribution in [2.45, 2.75) is 64.8 Å². The molecule has 0 spiro atoms. The molecule has 0 atom stereocenters. The normalized spacial score (nSPS) is 16.4. The van der Waals surface area contributed by atoms with E-state index in [4.69, 9.17) is 0 Å². The number of nitrogens with one attached hydrogen (secondary N) is 1. The highest BCUT2D eigenvalue weighted by atomic mass is 16.1. The Hall–Kier alpha value is -2.09. The van der Waals surface area contributed by atoms with Gasteiger partial charge in [0.25, 0.3) is 0 Å². The van der Waals surface area contributed by atoms with Crippen molar-refractivity contribution in [3.63, 3.8) is 0 Å². The van der Waals surface area contributed by atoms with E-state index in [-0.39, 0.29) is 11.4 Å². The molecule has 2 nitrogen and oxygen atoms in total. The molecule has 1 amide bonds. The van der Waals surface area contributed by atoms with Gasteiger partial charge in [-0.1, -0.05) is 61.7 Å². The molecular formula is C23H29NO. The number of rotatable bonds is 4. The molecule has 1 aliphatic rings. The van der Waals surface area contributed by atoms with E-state index in [1.54, 1.807) is 0 Å². The van der Waals surface area contributed by atoms with Gasteiger partial charge in [-0.2, -0.15) is 0 Å². The van der Waals surface area contributed by atoms with Crippen LogP contribution in [-0.4, -0.2) is 11.4 Å². The molecule has 132 valence electrons. The van der Waals surface area contributed by atoms with Crippen LogP contribution in [0.15, 0.2) is 42.5 Å². The van der Waals surface area contributed by atoms with Crippen molar-refractivity contribution < 1.29 is 4.79 Å². The fraction of sp³-hybridized carbons (Fsp3) is 0.435. The van der Waals surface area contributed by atoms with E-state index in [0.717, 1.165) is 18.4 Å². The zero-order valence-corrected chi connectivity index (χ0v) is 15.7. The van der Waals surface area contributed by atoms with Crippen LogP contribution in [0.5, 0.6) is 0 Å². The average Bonchev–Trinajstić information content (AvgIpc) is 2.58. The summed E-state index contributed by atoms with van der Waals surface area (Å²) < 4.78 is 0. The summed E-state index contributed by atoms with van der Waals surface area (Å²) in [5, 5.41) is 3.30. The van der Waals surface area contributed by atoms with Crippen LogP contribution in [0.4, 0.5) is 0 Å². The fourth-order valence-electron chi connectivity index (χ4n) is 4.01. The maximum Gasteiger partial charge on any atom is 0.224 e. The van der Waals surface area contributed by atoms with E-state index in [9.17, 15) is 4.79 Å². The van der Waals surface area contributed by atoms with Gasteiger partial charge in [0, 0.05) is 5.54 Å². The predicted octanol–water partition coefficient (Wildman–Crippen LogP) is 5.35. The van der Waals surface area contributed by atoms with Crippen LogP contribution >= 0.6 is 0 Å². The standard InChI is InChI=1S/C23H29NO/c1-17-15-21(19-10-6-4-7-11-19)18(2)14-20(17)16-22(25)24-23(3)12-8-5-9-13-23/h4,6-7,10-11,14-15H,5,8-9,12-13,16H2,1-3H3,(H,24,25). The Morgan fingerprint density at radius 2 is 1.68 bits per heavy atom. The molecule has 0 saturated heterocycles. The van der Waals surface area contributed by atoms with Crippen molar-refractivity contribution >= 4 is 5.91 Å². The molecule has 1 N–H and O–H groups in total. The second-order valence-corrected chi connectivity index (χ2v) is 7.81. The average molecular weight is 335 g/mol. The molecule has 2 aromatic carbocycles. The molecule has 0 aromatic heterocycles. The van der Waals surface area contributed by atoms with Gasteiger partial charge in [-0.3, -0.25) is 4.79 Å². The number of benzene rings is 2. The lowest BCUT2D eigenvalue weighted by Gasteiger charge is -2.34. The zero-order chi connectivity index (χ0) is 17.9. The summed E-state index contributed by atoms with van der Waals surface area (Å²) in [7, 11) is 0. The zero-order valence-electron chi connectivity index (χ0n) is 15.7. The third-order valence-corrected chi connectivity index (χ3v) is 5.52. The molecule has 1 fully saturated rings. The van der Waals surface area contributed by atoms with Crippen molar-refractivity contribution in [1.29, 1.82) is 0 Å². The molecule has 2 heteroatoms. The molecular weight excluding hydrogens is 306 g/mol. The summed E-state index contributed by atoms with van der Waals surface area (Å²) in [5.74, 6) is 0.152. The highest BCUT2D eigenvalue weighted by molar-refractivity contribution is 5.80. The highest BCUT2D eigenvalue weighted by Gasteiger charge is 2.28. The lowest BCUT2D eigenvalue weighted by Crippen LogP contribution is -2.47. The van der Waals surface area contributed by atoms with E-state index in [0.29, 0.717) is 6.42 Å². The SMILES string of the molecule is Cc1cc(-c2ccccc2)c(C)cc1CC(=O)NC1(C)CCCCC1. The molecule has 0 radical (unpaired) electrons. The third-order valence-electron chi connectivity index (χ3n) is 5.52. The highest BCUT2D eigenvalue weighted by Crippen LogP contribution is 2.29. The van der Waals surface area contributed by atoms with Crippen molar-refractivity contribution in [3.8, 4) is 11.1 Å². The van der Waals surface area contributed by atoms with Gasteiger partial charge in [0.1, 0.15) is 0 Å². The van der Waals surface area contributed by atoms with Crippen LogP contribution in [0, 0.1) is 13.8 Å².